The lowest BCUT2D eigenvalue weighted by Gasteiger charge is -2.24. The zero-order chi connectivity index (χ0) is 17.5. The predicted molar refractivity (Wildman–Crippen MR) is 94.7 cm³/mol. The van der Waals surface area contributed by atoms with Gasteiger partial charge in [-0.25, -0.2) is 4.79 Å². The third kappa shape index (κ3) is 4.67. The molecule has 0 aliphatic heterocycles. The zero-order valence-corrected chi connectivity index (χ0v) is 14.2. The highest BCUT2D eigenvalue weighted by Crippen LogP contribution is 2.23. The molecular formula is C19H23N3O2. The van der Waals surface area contributed by atoms with E-state index in [9.17, 15) is 9.59 Å². The number of imide groups is 1. The number of rotatable bonds is 5. The van der Waals surface area contributed by atoms with E-state index in [1.54, 1.807) is 6.92 Å². The Morgan fingerprint density at radius 3 is 2.08 bits per heavy atom. The monoisotopic (exact) mass is 325 g/mol. The molecule has 3 amide bonds. The predicted octanol–water partition coefficient (Wildman–Crippen LogP) is 2.52. The Balaban J connectivity index is 2.22. The van der Waals surface area contributed by atoms with Crippen molar-refractivity contribution in [1.82, 2.24) is 16.0 Å². The highest BCUT2D eigenvalue weighted by Gasteiger charge is 2.21. The molecular weight excluding hydrogens is 302 g/mol. The van der Waals surface area contributed by atoms with Crippen molar-refractivity contribution in [3.8, 4) is 0 Å². The van der Waals surface area contributed by atoms with Gasteiger partial charge in [-0.15, -0.1) is 0 Å². The summed E-state index contributed by atoms with van der Waals surface area (Å²) in [6, 6.07) is 16.9. The van der Waals surface area contributed by atoms with Crippen LogP contribution in [0.15, 0.2) is 54.6 Å². The number of amides is 3. The molecule has 0 unspecified atom stereocenters. The molecule has 0 aliphatic carbocycles. The van der Waals surface area contributed by atoms with Gasteiger partial charge in [-0.1, -0.05) is 60.2 Å². The minimum Gasteiger partial charge on any atom is -0.341 e. The molecule has 3 N–H and O–H groups in total. The highest BCUT2D eigenvalue weighted by molar-refractivity contribution is 5.96. The van der Waals surface area contributed by atoms with Crippen LogP contribution >= 0.6 is 0 Å². The van der Waals surface area contributed by atoms with E-state index in [-0.39, 0.29) is 11.9 Å². The lowest BCUT2D eigenvalue weighted by atomic mass is 9.97. The molecule has 0 bridgehead atoms. The van der Waals surface area contributed by atoms with Crippen LogP contribution in [0.1, 0.15) is 29.7 Å². The van der Waals surface area contributed by atoms with Crippen molar-refractivity contribution in [3.05, 3.63) is 71.3 Å². The van der Waals surface area contributed by atoms with Crippen LogP contribution in [0.3, 0.4) is 0 Å². The molecule has 0 radical (unpaired) electrons. The standard InChI is InChI=1S/C19H23N3O2/c1-13-9-11-16(12-10-13)17(15-7-5-4-6-8-15)21-14(2)18(23)22-19(24)20-3/h4-12,14,17,21H,1-3H3,(H2,20,22,23,24)/t14-,17+/m0/s1. The molecule has 2 rings (SSSR count). The average Bonchev–Trinajstić information content (AvgIpc) is 2.61. The van der Waals surface area contributed by atoms with Crippen molar-refractivity contribution in [2.24, 2.45) is 0 Å². The third-order valence-electron chi connectivity index (χ3n) is 3.82. The van der Waals surface area contributed by atoms with E-state index in [4.69, 9.17) is 0 Å². The molecule has 0 saturated carbocycles. The van der Waals surface area contributed by atoms with Crippen LogP contribution in [0, 0.1) is 6.92 Å². The van der Waals surface area contributed by atoms with E-state index in [0.29, 0.717) is 0 Å². The minimum absolute atomic E-state index is 0.141. The van der Waals surface area contributed by atoms with Crippen LogP contribution in [0.4, 0.5) is 4.79 Å². The second-order valence-corrected chi connectivity index (χ2v) is 5.71. The quantitative estimate of drug-likeness (QED) is 0.791. The van der Waals surface area contributed by atoms with E-state index < -0.39 is 12.1 Å². The van der Waals surface area contributed by atoms with E-state index in [1.807, 2.05) is 61.5 Å². The minimum atomic E-state index is -0.534. The number of aryl methyl sites for hydroxylation is 1. The van der Waals surface area contributed by atoms with Crippen LogP contribution in [0.5, 0.6) is 0 Å². The fourth-order valence-electron chi connectivity index (χ4n) is 2.40. The molecule has 0 heterocycles. The molecule has 5 nitrogen and oxygen atoms in total. The topological polar surface area (TPSA) is 70.2 Å². The summed E-state index contributed by atoms with van der Waals surface area (Å²) in [6.45, 7) is 3.77. The molecule has 0 spiro atoms. The molecule has 0 aliphatic rings. The van der Waals surface area contributed by atoms with Crippen LogP contribution in [-0.4, -0.2) is 25.0 Å². The number of urea groups is 1. The van der Waals surface area contributed by atoms with Crippen LogP contribution in [0.2, 0.25) is 0 Å². The van der Waals surface area contributed by atoms with E-state index >= 15 is 0 Å². The van der Waals surface area contributed by atoms with Gasteiger partial charge in [0, 0.05) is 7.05 Å². The summed E-state index contributed by atoms with van der Waals surface area (Å²) in [6.07, 6.45) is 0. The van der Waals surface area contributed by atoms with Crippen molar-refractivity contribution < 1.29 is 9.59 Å². The normalized spacial score (nSPS) is 13.0. The summed E-state index contributed by atoms with van der Waals surface area (Å²) >= 11 is 0. The number of hydrogen-bond donors (Lipinski definition) is 3. The van der Waals surface area contributed by atoms with E-state index in [2.05, 4.69) is 16.0 Å². The Kier molecular flexibility index (Phi) is 6.09. The summed E-state index contributed by atoms with van der Waals surface area (Å²) < 4.78 is 0. The van der Waals surface area contributed by atoms with Gasteiger partial charge in [0.25, 0.3) is 0 Å². The Hall–Kier alpha value is -2.66. The van der Waals surface area contributed by atoms with Gasteiger partial charge in [0.2, 0.25) is 5.91 Å². The molecule has 5 heteroatoms. The van der Waals surface area contributed by atoms with Crippen molar-refractivity contribution in [2.45, 2.75) is 25.9 Å². The van der Waals surface area contributed by atoms with Gasteiger partial charge in [0.15, 0.2) is 0 Å². The van der Waals surface area contributed by atoms with Gasteiger partial charge in [0.05, 0.1) is 12.1 Å². The fraction of sp³-hybridized carbons (Fsp3) is 0.263. The molecule has 0 aromatic heterocycles. The van der Waals surface area contributed by atoms with E-state index in [0.717, 1.165) is 11.1 Å². The van der Waals surface area contributed by atoms with Crippen molar-refractivity contribution >= 4 is 11.9 Å². The first-order valence-electron chi connectivity index (χ1n) is 7.91. The number of nitrogens with one attached hydrogen (secondary N) is 3. The molecule has 2 aromatic carbocycles. The second-order valence-electron chi connectivity index (χ2n) is 5.71. The Bertz CT molecular complexity index is 684. The van der Waals surface area contributed by atoms with E-state index in [1.165, 1.54) is 12.6 Å². The Morgan fingerprint density at radius 1 is 0.917 bits per heavy atom. The van der Waals surface area contributed by atoms with Gasteiger partial charge < -0.3 is 5.32 Å². The molecule has 24 heavy (non-hydrogen) atoms. The number of benzene rings is 2. The lowest BCUT2D eigenvalue weighted by Crippen LogP contribution is -2.48. The van der Waals surface area contributed by atoms with Crippen molar-refractivity contribution in [3.63, 3.8) is 0 Å². The molecule has 2 aromatic rings. The Morgan fingerprint density at radius 2 is 1.50 bits per heavy atom. The Labute approximate surface area is 142 Å². The molecule has 2 atom stereocenters. The summed E-state index contributed by atoms with van der Waals surface area (Å²) in [5.41, 5.74) is 3.29. The van der Waals surface area contributed by atoms with Crippen LogP contribution in [0.25, 0.3) is 0 Å². The van der Waals surface area contributed by atoms with Gasteiger partial charge in [-0.05, 0) is 25.0 Å². The number of hydrogen-bond acceptors (Lipinski definition) is 3. The first-order valence-corrected chi connectivity index (χ1v) is 7.91. The highest BCUT2D eigenvalue weighted by atomic mass is 16.2. The molecule has 0 saturated heterocycles. The van der Waals surface area contributed by atoms with Crippen molar-refractivity contribution in [2.75, 3.05) is 7.05 Å². The number of carbonyl (C=O) groups is 2. The summed E-state index contributed by atoms with van der Waals surface area (Å²) in [4.78, 5) is 23.4. The molecule has 126 valence electrons. The maximum absolute atomic E-state index is 12.1. The van der Waals surface area contributed by atoms with Gasteiger partial charge in [-0.3, -0.25) is 15.4 Å². The fourth-order valence-corrected chi connectivity index (χ4v) is 2.40. The summed E-state index contributed by atoms with van der Waals surface area (Å²) in [5, 5.41) is 7.98. The summed E-state index contributed by atoms with van der Waals surface area (Å²) in [7, 11) is 1.47. The SMILES string of the molecule is CNC(=O)NC(=O)[C@H](C)N[C@H](c1ccccc1)c1ccc(C)cc1. The number of carbonyl (C=O) groups excluding carboxylic acids is 2. The van der Waals surface area contributed by atoms with Crippen molar-refractivity contribution in [1.29, 1.82) is 0 Å². The zero-order valence-electron chi connectivity index (χ0n) is 14.2. The maximum Gasteiger partial charge on any atom is 0.321 e. The smallest absolute Gasteiger partial charge is 0.321 e. The van der Waals surface area contributed by atoms with Crippen LogP contribution in [-0.2, 0) is 4.79 Å². The first kappa shape index (κ1) is 17.7. The average molecular weight is 325 g/mol. The third-order valence-corrected chi connectivity index (χ3v) is 3.82. The van der Waals surface area contributed by atoms with Gasteiger partial charge in [-0.2, -0.15) is 0 Å². The first-order chi connectivity index (χ1) is 11.5. The summed E-state index contributed by atoms with van der Waals surface area (Å²) in [5.74, 6) is -0.373. The molecule has 0 fully saturated rings. The van der Waals surface area contributed by atoms with Gasteiger partial charge in [0.1, 0.15) is 0 Å². The largest absolute Gasteiger partial charge is 0.341 e. The second kappa shape index (κ2) is 8.26. The maximum atomic E-state index is 12.1. The lowest BCUT2D eigenvalue weighted by molar-refractivity contribution is -0.121. The van der Waals surface area contributed by atoms with Crippen LogP contribution < -0.4 is 16.0 Å². The van der Waals surface area contributed by atoms with Gasteiger partial charge >= 0.3 is 6.03 Å².